The Kier molecular flexibility index (Phi) is 1.42. The molecule has 0 atom stereocenters. The first-order valence-corrected chi connectivity index (χ1v) is 3.76. The van der Waals surface area contributed by atoms with E-state index < -0.39 is 0 Å². The maximum atomic E-state index is 5.80. The van der Waals surface area contributed by atoms with Crippen LogP contribution in [0.2, 0.25) is 5.02 Å². The predicted molar refractivity (Wildman–Crippen MR) is 42.1 cm³/mol. The fraction of sp³-hybridized carbons (Fsp3) is 0.222. The van der Waals surface area contributed by atoms with Crippen LogP contribution < -0.4 is 0 Å². The largest absolute Gasteiger partial charge is 0.0843 e. The van der Waals surface area contributed by atoms with E-state index in [0.29, 0.717) is 0 Å². The van der Waals surface area contributed by atoms with E-state index in [2.05, 4.69) is 6.42 Å². The van der Waals surface area contributed by atoms with E-state index in [9.17, 15) is 0 Å². The molecule has 0 aliphatic heterocycles. The molecule has 0 heterocycles. The van der Waals surface area contributed by atoms with Gasteiger partial charge in [0.2, 0.25) is 0 Å². The fourth-order valence-electron chi connectivity index (χ4n) is 1.27. The monoisotopic (exact) mass is 150 g/mol. The van der Waals surface area contributed by atoms with Crippen LogP contribution in [0.4, 0.5) is 0 Å². The van der Waals surface area contributed by atoms with Gasteiger partial charge in [-0.1, -0.05) is 17.7 Å². The van der Waals surface area contributed by atoms with Crippen LogP contribution >= 0.6 is 11.6 Å². The average molecular weight is 151 g/mol. The number of hydrogen-bond donors (Lipinski definition) is 0. The van der Waals surface area contributed by atoms with Gasteiger partial charge < -0.3 is 0 Å². The third-order valence-corrected chi connectivity index (χ3v) is 2.01. The molecule has 1 aliphatic rings. The van der Waals surface area contributed by atoms with Crippen LogP contribution in [0.25, 0.3) is 0 Å². The lowest BCUT2D eigenvalue weighted by Gasteiger charge is -1.96. The second-order valence-corrected chi connectivity index (χ2v) is 2.91. The summed E-state index contributed by atoms with van der Waals surface area (Å²) in [6.07, 6.45) is 5.43. The van der Waals surface area contributed by atoms with Crippen molar-refractivity contribution in [2.24, 2.45) is 0 Å². The molecule has 0 bridgehead atoms. The maximum absolute atomic E-state index is 5.80. The zero-order valence-corrected chi connectivity index (χ0v) is 6.28. The molecule has 0 saturated carbocycles. The van der Waals surface area contributed by atoms with Gasteiger partial charge in [-0.3, -0.25) is 0 Å². The molecule has 1 aliphatic carbocycles. The Morgan fingerprint density at radius 1 is 1.40 bits per heavy atom. The summed E-state index contributed by atoms with van der Waals surface area (Å²) in [5, 5.41) is 0.836. The molecule has 0 aromatic heterocycles. The molecule has 0 N–H and O–H groups in total. The molecule has 10 heavy (non-hydrogen) atoms. The number of halogens is 1. The number of rotatable bonds is 0. The molecule has 0 fully saturated rings. The Bertz CT molecular complexity index is 253. The molecular formula is C9H7Cl. The number of fused-ring (bicyclic) bond motifs is 1. The summed E-state index contributed by atoms with van der Waals surface area (Å²) < 4.78 is 0. The molecule has 0 amide bonds. The van der Waals surface area contributed by atoms with E-state index in [1.807, 2.05) is 18.2 Å². The molecule has 0 unspecified atom stereocenters. The summed E-state index contributed by atoms with van der Waals surface area (Å²) in [5.74, 6) is 0. The van der Waals surface area contributed by atoms with Crippen molar-refractivity contribution in [3.8, 4) is 0 Å². The van der Waals surface area contributed by atoms with Gasteiger partial charge in [0.05, 0.1) is 0 Å². The molecule has 1 heteroatoms. The number of hydrogen-bond acceptors (Lipinski definition) is 0. The molecule has 1 aromatic rings. The van der Waals surface area contributed by atoms with Crippen molar-refractivity contribution in [1.82, 2.24) is 0 Å². The van der Waals surface area contributed by atoms with Crippen molar-refractivity contribution in [2.45, 2.75) is 12.8 Å². The van der Waals surface area contributed by atoms with Gasteiger partial charge in [-0.2, -0.15) is 0 Å². The van der Waals surface area contributed by atoms with Crippen LogP contribution in [0.15, 0.2) is 18.2 Å². The van der Waals surface area contributed by atoms with Crippen molar-refractivity contribution in [3.05, 3.63) is 40.8 Å². The fourth-order valence-corrected chi connectivity index (χ4v) is 1.47. The minimum atomic E-state index is 0.836. The van der Waals surface area contributed by atoms with E-state index in [-0.39, 0.29) is 0 Å². The van der Waals surface area contributed by atoms with E-state index in [0.717, 1.165) is 17.9 Å². The first kappa shape index (κ1) is 6.23. The van der Waals surface area contributed by atoms with Crippen LogP contribution in [0.5, 0.6) is 0 Å². The first-order chi connectivity index (χ1) is 4.86. The third-order valence-electron chi connectivity index (χ3n) is 1.78. The summed E-state index contributed by atoms with van der Waals surface area (Å²) in [6, 6.07) is 5.97. The standard InChI is InChI=1S/C9H7Cl/c10-9-5-4-7-2-1-3-8(7)6-9/h4-6H,1,3H2. The Hall–Kier alpha value is -0.490. The van der Waals surface area contributed by atoms with Crippen LogP contribution in [0.3, 0.4) is 0 Å². The topological polar surface area (TPSA) is 0 Å². The SMILES string of the molecule is Clc1ccc2c(c1)CC[C]2. The molecule has 2 rings (SSSR count). The summed E-state index contributed by atoms with van der Waals surface area (Å²) in [5.41, 5.74) is 2.58. The van der Waals surface area contributed by atoms with Crippen LogP contribution in [0.1, 0.15) is 17.5 Å². The van der Waals surface area contributed by atoms with Crippen molar-refractivity contribution < 1.29 is 0 Å². The van der Waals surface area contributed by atoms with Crippen molar-refractivity contribution >= 4 is 11.6 Å². The van der Waals surface area contributed by atoms with Gasteiger partial charge in [-0.05, 0) is 36.1 Å². The summed E-state index contributed by atoms with van der Waals surface area (Å²) in [7, 11) is 0. The summed E-state index contributed by atoms with van der Waals surface area (Å²) in [6.45, 7) is 0. The normalized spacial score (nSPS) is 15.3. The highest BCUT2D eigenvalue weighted by Gasteiger charge is 2.10. The van der Waals surface area contributed by atoms with Crippen molar-refractivity contribution in [2.75, 3.05) is 0 Å². The van der Waals surface area contributed by atoms with Gasteiger partial charge in [0.15, 0.2) is 0 Å². The highest BCUT2D eigenvalue weighted by Crippen LogP contribution is 2.25. The Morgan fingerprint density at radius 3 is 3.20 bits per heavy atom. The minimum Gasteiger partial charge on any atom is -0.0843 e. The van der Waals surface area contributed by atoms with Gasteiger partial charge in [0.25, 0.3) is 0 Å². The van der Waals surface area contributed by atoms with Crippen LogP contribution in [0, 0.1) is 6.42 Å². The molecule has 50 valence electrons. The van der Waals surface area contributed by atoms with E-state index in [1.54, 1.807) is 0 Å². The van der Waals surface area contributed by atoms with Gasteiger partial charge in [-0.15, -0.1) is 0 Å². The van der Waals surface area contributed by atoms with Crippen molar-refractivity contribution in [1.29, 1.82) is 0 Å². The van der Waals surface area contributed by atoms with Gasteiger partial charge >= 0.3 is 0 Å². The van der Waals surface area contributed by atoms with Gasteiger partial charge in [0.1, 0.15) is 0 Å². The second-order valence-electron chi connectivity index (χ2n) is 2.48. The number of aryl methyl sites for hydroxylation is 1. The Labute approximate surface area is 65.8 Å². The zero-order chi connectivity index (χ0) is 6.97. The van der Waals surface area contributed by atoms with E-state index >= 15 is 0 Å². The highest BCUT2D eigenvalue weighted by atomic mass is 35.5. The number of benzene rings is 1. The van der Waals surface area contributed by atoms with Crippen LogP contribution in [-0.2, 0) is 6.42 Å². The average Bonchev–Trinajstić information content (AvgIpc) is 2.33. The minimum absolute atomic E-state index is 0.836. The third kappa shape index (κ3) is 0.929. The summed E-state index contributed by atoms with van der Waals surface area (Å²) in [4.78, 5) is 0. The molecule has 1 aromatic carbocycles. The molecule has 0 nitrogen and oxygen atoms in total. The van der Waals surface area contributed by atoms with Crippen molar-refractivity contribution in [3.63, 3.8) is 0 Å². The molecular weight excluding hydrogens is 144 g/mol. The highest BCUT2D eigenvalue weighted by molar-refractivity contribution is 6.30. The smallest absolute Gasteiger partial charge is 0.0408 e. The predicted octanol–water partition coefficient (Wildman–Crippen LogP) is 2.72. The maximum Gasteiger partial charge on any atom is 0.0408 e. The first-order valence-electron chi connectivity index (χ1n) is 3.38. The van der Waals surface area contributed by atoms with Crippen LogP contribution in [-0.4, -0.2) is 0 Å². The lowest BCUT2D eigenvalue weighted by molar-refractivity contribution is 1.03. The Balaban J connectivity index is 2.52. The second kappa shape index (κ2) is 2.28. The van der Waals surface area contributed by atoms with Gasteiger partial charge in [0, 0.05) is 11.4 Å². The Morgan fingerprint density at radius 2 is 2.30 bits per heavy atom. The quantitative estimate of drug-likeness (QED) is 0.534. The lowest BCUT2D eigenvalue weighted by Crippen LogP contribution is -1.78. The lowest BCUT2D eigenvalue weighted by atomic mass is 10.1. The molecule has 0 saturated heterocycles. The summed E-state index contributed by atoms with van der Waals surface area (Å²) >= 11 is 5.80. The molecule has 0 spiro atoms. The van der Waals surface area contributed by atoms with E-state index in [4.69, 9.17) is 11.6 Å². The zero-order valence-electron chi connectivity index (χ0n) is 5.52. The van der Waals surface area contributed by atoms with Gasteiger partial charge in [-0.25, -0.2) is 0 Å². The van der Waals surface area contributed by atoms with E-state index in [1.165, 1.54) is 11.1 Å². The molecule has 2 radical (unpaired) electrons.